The van der Waals surface area contributed by atoms with E-state index in [0.29, 0.717) is 19.3 Å². The van der Waals surface area contributed by atoms with Gasteiger partial charge in [0, 0.05) is 18.5 Å². The van der Waals surface area contributed by atoms with Crippen LogP contribution in [0.15, 0.2) is 4.52 Å². The minimum absolute atomic E-state index is 0.138. The summed E-state index contributed by atoms with van der Waals surface area (Å²) >= 11 is 0. The van der Waals surface area contributed by atoms with Gasteiger partial charge in [-0.1, -0.05) is 12.1 Å². The van der Waals surface area contributed by atoms with Gasteiger partial charge in [-0.3, -0.25) is 9.59 Å². The second-order valence-electron chi connectivity index (χ2n) is 5.30. The number of carbonyl (C=O) groups excluding carboxylic acids is 1. The minimum atomic E-state index is -0.918. The van der Waals surface area contributed by atoms with Crippen LogP contribution >= 0.6 is 0 Å². The highest BCUT2D eigenvalue weighted by Gasteiger charge is 2.31. The number of carboxylic acids is 1. The molecule has 0 saturated carbocycles. The van der Waals surface area contributed by atoms with Gasteiger partial charge in [0.2, 0.25) is 5.91 Å². The van der Waals surface area contributed by atoms with Gasteiger partial charge in [-0.05, 0) is 33.6 Å². The quantitative estimate of drug-likeness (QED) is 0.796. The normalized spacial score (nSPS) is 13.8. The van der Waals surface area contributed by atoms with Crippen LogP contribution in [0.4, 0.5) is 0 Å². The van der Waals surface area contributed by atoms with Crippen molar-refractivity contribution in [3.8, 4) is 0 Å². The van der Waals surface area contributed by atoms with Gasteiger partial charge in [-0.25, -0.2) is 0 Å². The highest BCUT2D eigenvalue weighted by Crippen LogP contribution is 2.20. The van der Waals surface area contributed by atoms with E-state index in [1.807, 2.05) is 13.8 Å². The van der Waals surface area contributed by atoms with Crippen molar-refractivity contribution in [3.05, 3.63) is 17.0 Å². The molecule has 6 nitrogen and oxygen atoms in total. The lowest BCUT2D eigenvalue weighted by molar-refractivity contribution is -0.148. The maximum Gasteiger partial charge on any atom is 0.311 e. The van der Waals surface area contributed by atoms with Crippen LogP contribution in [0.2, 0.25) is 0 Å². The first kappa shape index (κ1) is 16.2. The van der Waals surface area contributed by atoms with E-state index in [4.69, 9.17) is 9.63 Å². The predicted octanol–water partition coefficient (Wildman–Crippen LogP) is 1.84. The molecule has 6 heteroatoms. The number of nitrogens with zero attached hydrogens (tertiary/aromatic N) is 1. The fourth-order valence-electron chi connectivity index (χ4n) is 1.83. The van der Waals surface area contributed by atoms with Crippen molar-refractivity contribution in [1.82, 2.24) is 10.5 Å². The van der Waals surface area contributed by atoms with Crippen molar-refractivity contribution < 1.29 is 19.2 Å². The predicted molar refractivity (Wildman–Crippen MR) is 73.3 cm³/mol. The van der Waals surface area contributed by atoms with Gasteiger partial charge in [-0.2, -0.15) is 0 Å². The van der Waals surface area contributed by atoms with Crippen LogP contribution in [0.5, 0.6) is 0 Å². The van der Waals surface area contributed by atoms with Crippen molar-refractivity contribution in [2.24, 2.45) is 5.41 Å². The van der Waals surface area contributed by atoms with E-state index in [0.717, 1.165) is 17.0 Å². The van der Waals surface area contributed by atoms with Crippen molar-refractivity contribution in [2.75, 3.05) is 6.54 Å². The second-order valence-corrected chi connectivity index (χ2v) is 5.30. The fourth-order valence-corrected chi connectivity index (χ4v) is 1.83. The summed E-state index contributed by atoms with van der Waals surface area (Å²) in [5.74, 6) is -0.337. The average molecular weight is 282 g/mol. The maximum absolute atomic E-state index is 11.8. The van der Waals surface area contributed by atoms with Gasteiger partial charge in [-0.15, -0.1) is 0 Å². The van der Waals surface area contributed by atoms with E-state index in [2.05, 4.69) is 10.5 Å². The van der Waals surface area contributed by atoms with Crippen LogP contribution < -0.4 is 5.32 Å². The summed E-state index contributed by atoms with van der Waals surface area (Å²) in [5.41, 5.74) is 0.814. The molecule has 0 bridgehead atoms. The summed E-state index contributed by atoms with van der Waals surface area (Å²) in [7, 11) is 0. The monoisotopic (exact) mass is 282 g/mol. The van der Waals surface area contributed by atoms with Crippen LogP contribution in [-0.2, 0) is 16.0 Å². The van der Waals surface area contributed by atoms with E-state index in [1.165, 1.54) is 0 Å². The zero-order chi connectivity index (χ0) is 15.3. The molecular formula is C14H22N2O4. The summed E-state index contributed by atoms with van der Waals surface area (Å²) in [6.07, 6.45) is 1.30. The standard InChI is InChI=1S/C14H22N2O4/c1-5-14(4,13(18)19)8-15-12(17)7-6-11-9(2)16-20-10(11)3/h5-8H2,1-4H3,(H,15,17)(H,18,19). The molecular weight excluding hydrogens is 260 g/mol. The van der Waals surface area contributed by atoms with Gasteiger partial charge in [0.15, 0.2) is 0 Å². The number of aromatic nitrogens is 1. The van der Waals surface area contributed by atoms with Gasteiger partial charge in [0.25, 0.3) is 0 Å². The third-order valence-electron chi connectivity index (χ3n) is 3.76. The third-order valence-corrected chi connectivity index (χ3v) is 3.76. The van der Waals surface area contributed by atoms with E-state index < -0.39 is 11.4 Å². The van der Waals surface area contributed by atoms with Crippen molar-refractivity contribution in [3.63, 3.8) is 0 Å². The van der Waals surface area contributed by atoms with Crippen LogP contribution in [0.1, 0.15) is 43.7 Å². The van der Waals surface area contributed by atoms with Gasteiger partial charge in [0.1, 0.15) is 5.76 Å². The molecule has 1 aromatic rings. The number of aliphatic carboxylic acids is 1. The summed E-state index contributed by atoms with van der Waals surface area (Å²) in [6, 6.07) is 0. The Labute approximate surface area is 118 Å². The molecule has 0 aliphatic rings. The summed E-state index contributed by atoms with van der Waals surface area (Å²) in [4.78, 5) is 22.9. The number of hydrogen-bond donors (Lipinski definition) is 2. The Bertz CT molecular complexity index is 476. The SMILES string of the molecule is CCC(C)(CNC(=O)CCc1c(C)noc1C)C(=O)O. The molecule has 0 fully saturated rings. The smallest absolute Gasteiger partial charge is 0.311 e. The first-order valence-electron chi connectivity index (χ1n) is 6.72. The van der Waals surface area contributed by atoms with Gasteiger partial charge >= 0.3 is 5.97 Å². The van der Waals surface area contributed by atoms with Gasteiger partial charge in [0.05, 0.1) is 11.1 Å². The zero-order valence-electron chi connectivity index (χ0n) is 12.4. The van der Waals surface area contributed by atoms with Crippen LogP contribution in [0.3, 0.4) is 0 Å². The number of carboxylic acid groups (broad SMARTS) is 1. The molecule has 1 atom stereocenters. The minimum Gasteiger partial charge on any atom is -0.481 e. The Kier molecular flexibility index (Phi) is 5.30. The number of rotatable bonds is 7. The summed E-state index contributed by atoms with van der Waals surface area (Å²) in [6.45, 7) is 7.21. The average Bonchev–Trinajstić information content (AvgIpc) is 2.72. The molecule has 0 saturated heterocycles. The van der Waals surface area contributed by atoms with E-state index in [-0.39, 0.29) is 12.5 Å². The third kappa shape index (κ3) is 3.82. The topological polar surface area (TPSA) is 92.4 Å². The van der Waals surface area contributed by atoms with E-state index >= 15 is 0 Å². The number of hydrogen-bond acceptors (Lipinski definition) is 4. The lowest BCUT2D eigenvalue weighted by Gasteiger charge is -2.23. The number of carbonyl (C=O) groups is 2. The van der Waals surface area contributed by atoms with Crippen LogP contribution in [0, 0.1) is 19.3 Å². The molecule has 1 aromatic heterocycles. The van der Waals surface area contributed by atoms with Gasteiger partial charge < -0.3 is 14.9 Å². The first-order valence-corrected chi connectivity index (χ1v) is 6.72. The van der Waals surface area contributed by atoms with Crippen LogP contribution in [0.25, 0.3) is 0 Å². The Morgan fingerprint density at radius 1 is 1.40 bits per heavy atom. The molecule has 2 N–H and O–H groups in total. The van der Waals surface area contributed by atoms with E-state index in [9.17, 15) is 9.59 Å². The summed E-state index contributed by atoms with van der Waals surface area (Å²) < 4.78 is 5.03. The molecule has 0 aliphatic carbocycles. The van der Waals surface area contributed by atoms with Crippen molar-refractivity contribution >= 4 is 11.9 Å². The highest BCUT2D eigenvalue weighted by molar-refractivity contribution is 5.79. The Balaban J connectivity index is 2.47. The Hall–Kier alpha value is -1.85. The zero-order valence-corrected chi connectivity index (χ0v) is 12.4. The first-order chi connectivity index (χ1) is 9.30. The molecule has 1 rings (SSSR count). The van der Waals surface area contributed by atoms with Crippen molar-refractivity contribution in [2.45, 2.75) is 47.0 Å². The molecule has 1 heterocycles. The number of amides is 1. The largest absolute Gasteiger partial charge is 0.481 e. The van der Waals surface area contributed by atoms with Crippen molar-refractivity contribution in [1.29, 1.82) is 0 Å². The maximum atomic E-state index is 11.8. The molecule has 0 aliphatic heterocycles. The molecule has 0 radical (unpaired) electrons. The summed E-state index contributed by atoms with van der Waals surface area (Å²) in [5, 5.41) is 15.6. The molecule has 112 valence electrons. The lowest BCUT2D eigenvalue weighted by Crippen LogP contribution is -2.40. The number of aryl methyl sites for hydroxylation is 2. The van der Waals surface area contributed by atoms with Crippen LogP contribution in [-0.4, -0.2) is 28.7 Å². The lowest BCUT2D eigenvalue weighted by atomic mass is 9.87. The molecule has 1 amide bonds. The Morgan fingerprint density at radius 3 is 2.50 bits per heavy atom. The molecule has 20 heavy (non-hydrogen) atoms. The molecule has 1 unspecified atom stereocenters. The highest BCUT2D eigenvalue weighted by atomic mass is 16.5. The number of nitrogens with one attached hydrogen (secondary N) is 1. The second kappa shape index (κ2) is 6.54. The molecule has 0 spiro atoms. The van der Waals surface area contributed by atoms with E-state index in [1.54, 1.807) is 13.8 Å². The Morgan fingerprint density at radius 2 is 2.05 bits per heavy atom. The fraction of sp³-hybridized carbons (Fsp3) is 0.643. The molecule has 0 aromatic carbocycles.